The molecule has 1 N–H and O–H groups in total. The Morgan fingerprint density at radius 2 is 2.31 bits per heavy atom. The van der Waals surface area contributed by atoms with Crippen molar-refractivity contribution in [3.05, 3.63) is 11.9 Å². The lowest BCUT2D eigenvalue weighted by molar-refractivity contribution is -0.143. The first-order valence-electron chi connectivity index (χ1n) is 4.95. The highest BCUT2D eigenvalue weighted by atomic mass is 19.4. The molecule has 4 nitrogen and oxygen atoms in total. The van der Waals surface area contributed by atoms with Crippen LogP contribution in [0.2, 0.25) is 0 Å². The molecule has 1 aromatic heterocycles. The number of halogens is 3. The topological polar surface area (TPSA) is 39.1 Å². The van der Waals surface area contributed by atoms with Gasteiger partial charge in [0, 0.05) is 13.6 Å². The van der Waals surface area contributed by atoms with Crippen molar-refractivity contribution in [1.29, 1.82) is 0 Å². The second kappa shape index (κ2) is 3.97. The van der Waals surface area contributed by atoms with Crippen LogP contribution in [-0.4, -0.2) is 29.0 Å². The maximum atomic E-state index is 12.6. The third kappa shape index (κ3) is 2.29. The molecule has 0 aromatic carbocycles. The zero-order valence-corrected chi connectivity index (χ0v) is 8.71. The van der Waals surface area contributed by atoms with Gasteiger partial charge in [0.05, 0.1) is 6.20 Å². The van der Waals surface area contributed by atoms with Crippen LogP contribution in [-0.2, 0) is 13.2 Å². The fourth-order valence-electron chi connectivity index (χ4n) is 1.66. The minimum absolute atomic E-state index is 0.191. The predicted molar refractivity (Wildman–Crippen MR) is 50.1 cm³/mol. The van der Waals surface area contributed by atoms with E-state index in [2.05, 4.69) is 10.4 Å². The van der Waals surface area contributed by atoms with E-state index in [4.69, 9.17) is 4.74 Å². The van der Waals surface area contributed by atoms with Gasteiger partial charge in [0.2, 0.25) is 5.69 Å². The summed E-state index contributed by atoms with van der Waals surface area (Å²) in [4.78, 5) is 0. The predicted octanol–water partition coefficient (Wildman–Crippen LogP) is 1.18. The third-order valence-electron chi connectivity index (χ3n) is 2.37. The number of nitrogens with one attached hydrogen (secondary N) is 1. The number of aromatic nitrogens is 2. The quantitative estimate of drug-likeness (QED) is 0.836. The SMILES string of the molecule is Cn1cc(OC2CCNC2)c(C(F)(F)F)n1. The molecule has 1 aromatic rings. The number of aryl methyl sites for hydroxylation is 1. The van der Waals surface area contributed by atoms with E-state index in [9.17, 15) is 13.2 Å². The van der Waals surface area contributed by atoms with Gasteiger partial charge in [0.1, 0.15) is 6.10 Å². The zero-order valence-electron chi connectivity index (χ0n) is 8.71. The summed E-state index contributed by atoms with van der Waals surface area (Å²) >= 11 is 0. The zero-order chi connectivity index (χ0) is 11.8. The van der Waals surface area contributed by atoms with Crippen molar-refractivity contribution in [3.63, 3.8) is 0 Å². The van der Waals surface area contributed by atoms with E-state index in [0.29, 0.717) is 13.0 Å². The molecule has 0 spiro atoms. The van der Waals surface area contributed by atoms with Gasteiger partial charge < -0.3 is 10.1 Å². The highest BCUT2D eigenvalue weighted by molar-refractivity contribution is 5.27. The standard InChI is InChI=1S/C9H12F3N3O/c1-15-5-7(8(14-15)9(10,11)12)16-6-2-3-13-4-6/h5-6,13H,2-4H2,1H3. The lowest BCUT2D eigenvalue weighted by atomic mass is 10.3. The van der Waals surface area contributed by atoms with Gasteiger partial charge in [-0.2, -0.15) is 18.3 Å². The molecule has 7 heteroatoms. The number of alkyl halides is 3. The molecule has 1 aliphatic heterocycles. The highest BCUT2D eigenvalue weighted by Gasteiger charge is 2.38. The molecule has 1 unspecified atom stereocenters. The van der Waals surface area contributed by atoms with Gasteiger partial charge in [-0.3, -0.25) is 4.68 Å². The van der Waals surface area contributed by atoms with Crippen LogP contribution in [0.5, 0.6) is 5.75 Å². The average Bonchev–Trinajstić information content (AvgIpc) is 2.74. The van der Waals surface area contributed by atoms with Gasteiger partial charge in [0.25, 0.3) is 0 Å². The van der Waals surface area contributed by atoms with E-state index in [1.807, 2.05) is 0 Å². The first-order chi connectivity index (χ1) is 7.47. The summed E-state index contributed by atoms with van der Waals surface area (Å²) in [6.07, 6.45) is -2.71. The molecule has 90 valence electrons. The fourth-order valence-corrected chi connectivity index (χ4v) is 1.66. The summed E-state index contributed by atoms with van der Waals surface area (Å²) < 4.78 is 44.1. The first kappa shape index (κ1) is 11.3. The minimum atomic E-state index is -4.47. The molecular weight excluding hydrogens is 223 g/mol. The third-order valence-corrected chi connectivity index (χ3v) is 2.37. The van der Waals surface area contributed by atoms with Crippen LogP contribution in [0, 0.1) is 0 Å². The van der Waals surface area contributed by atoms with Gasteiger partial charge in [-0.15, -0.1) is 0 Å². The van der Waals surface area contributed by atoms with Gasteiger partial charge in [0.15, 0.2) is 5.75 Å². The highest BCUT2D eigenvalue weighted by Crippen LogP contribution is 2.35. The molecule has 1 atom stereocenters. The number of ether oxygens (including phenoxy) is 1. The van der Waals surface area contributed by atoms with E-state index in [1.165, 1.54) is 13.2 Å². The monoisotopic (exact) mass is 235 g/mol. The number of nitrogens with zero attached hydrogens (tertiary/aromatic N) is 2. The van der Waals surface area contributed by atoms with Crippen molar-refractivity contribution in [2.24, 2.45) is 7.05 Å². The Labute approximate surface area is 90.4 Å². The average molecular weight is 235 g/mol. The van der Waals surface area contributed by atoms with Crippen LogP contribution < -0.4 is 10.1 Å². The van der Waals surface area contributed by atoms with Crippen molar-refractivity contribution < 1.29 is 17.9 Å². The molecule has 16 heavy (non-hydrogen) atoms. The smallest absolute Gasteiger partial charge is 0.438 e. The summed E-state index contributed by atoms with van der Waals surface area (Å²) in [5, 5.41) is 6.39. The Morgan fingerprint density at radius 3 is 2.88 bits per heavy atom. The summed E-state index contributed by atoms with van der Waals surface area (Å²) in [6, 6.07) is 0. The number of hydrogen-bond acceptors (Lipinski definition) is 3. The Balaban J connectivity index is 2.19. The molecule has 2 heterocycles. The van der Waals surface area contributed by atoms with Crippen LogP contribution in [0.4, 0.5) is 13.2 Å². The molecule has 1 aliphatic rings. The van der Waals surface area contributed by atoms with E-state index >= 15 is 0 Å². The summed E-state index contributed by atoms with van der Waals surface area (Å²) in [5.41, 5.74) is -0.957. The molecule has 0 radical (unpaired) electrons. The summed E-state index contributed by atoms with van der Waals surface area (Å²) in [7, 11) is 1.44. The molecule has 0 bridgehead atoms. The molecular formula is C9H12F3N3O. The Hall–Kier alpha value is -1.24. The van der Waals surface area contributed by atoms with Gasteiger partial charge in [-0.25, -0.2) is 0 Å². The van der Waals surface area contributed by atoms with Crippen LogP contribution >= 0.6 is 0 Å². The summed E-state index contributed by atoms with van der Waals surface area (Å²) in [6.45, 7) is 1.35. The fraction of sp³-hybridized carbons (Fsp3) is 0.667. The van der Waals surface area contributed by atoms with Crippen LogP contribution in [0.25, 0.3) is 0 Å². The van der Waals surface area contributed by atoms with Crippen LogP contribution in [0.3, 0.4) is 0 Å². The molecule has 0 saturated carbocycles. The van der Waals surface area contributed by atoms with E-state index in [1.54, 1.807) is 0 Å². The Kier molecular flexibility index (Phi) is 2.79. The first-order valence-corrected chi connectivity index (χ1v) is 4.95. The maximum absolute atomic E-state index is 12.6. The lowest BCUT2D eigenvalue weighted by Gasteiger charge is -2.12. The minimum Gasteiger partial charge on any atom is -0.485 e. The van der Waals surface area contributed by atoms with Crippen molar-refractivity contribution in [1.82, 2.24) is 15.1 Å². The normalized spacial score (nSPS) is 21.4. The molecule has 1 fully saturated rings. The molecule has 1 saturated heterocycles. The van der Waals surface area contributed by atoms with E-state index in [0.717, 1.165) is 11.2 Å². The van der Waals surface area contributed by atoms with Gasteiger partial charge in [-0.1, -0.05) is 0 Å². The van der Waals surface area contributed by atoms with Gasteiger partial charge >= 0.3 is 6.18 Å². The van der Waals surface area contributed by atoms with Crippen LogP contribution in [0.15, 0.2) is 6.20 Å². The summed E-state index contributed by atoms with van der Waals surface area (Å²) in [5.74, 6) is -0.191. The van der Waals surface area contributed by atoms with Crippen molar-refractivity contribution >= 4 is 0 Å². The molecule has 0 amide bonds. The Morgan fingerprint density at radius 1 is 1.56 bits per heavy atom. The second-order valence-corrected chi connectivity index (χ2v) is 3.75. The van der Waals surface area contributed by atoms with Crippen molar-refractivity contribution in [3.8, 4) is 5.75 Å². The van der Waals surface area contributed by atoms with Crippen LogP contribution in [0.1, 0.15) is 12.1 Å². The molecule has 0 aliphatic carbocycles. The van der Waals surface area contributed by atoms with E-state index in [-0.39, 0.29) is 11.9 Å². The second-order valence-electron chi connectivity index (χ2n) is 3.75. The number of rotatable bonds is 2. The van der Waals surface area contributed by atoms with Gasteiger partial charge in [-0.05, 0) is 13.0 Å². The molecule has 2 rings (SSSR count). The van der Waals surface area contributed by atoms with Crippen molar-refractivity contribution in [2.75, 3.05) is 13.1 Å². The van der Waals surface area contributed by atoms with E-state index < -0.39 is 11.9 Å². The Bertz CT molecular complexity index is 369. The maximum Gasteiger partial charge on any atom is 0.438 e. The largest absolute Gasteiger partial charge is 0.485 e. The number of hydrogen-bond donors (Lipinski definition) is 1. The van der Waals surface area contributed by atoms with Crippen molar-refractivity contribution in [2.45, 2.75) is 18.7 Å². The lowest BCUT2D eigenvalue weighted by Crippen LogP contribution is -2.21.